The van der Waals surface area contributed by atoms with Gasteiger partial charge < -0.3 is 10.2 Å². The Kier molecular flexibility index (Phi) is 5.74. The Balaban J connectivity index is 1.98. The van der Waals surface area contributed by atoms with Crippen molar-refractivity contribution in [2.45, 2.75) is 51.6 Å². The Morgan fingerprint density at radius 1 is 1.43 bits per heavy atom. The third-order valence-corrected chi connectivity index (χ3v) is 4.02. The molecular formula is C17H25FN2O. The van der Waals surface area contributed by atoms with Crippen LogP contribution in [0, 0.1) is 5.82 Å². The van der Waals surface area contributed by atoms with E-state index in [1.807, 2.05) is 18.7 Å². The van der Waals surface area contributed by atoms with Crippen molar-refractivity contribution < 1.29 is 9.18 Å². The molecule has 21 heavy (non-hydrogen) atoms. The van der Waals surface area contributed by atoms with Crippen LogP contribution in [0.5, 0.6) is 0 Å². The summed E-state index contributed by atoms with van der Waals surface area (Å²) in [6, 6.07) is 6.85. The van der Waals surface area contributed by atoms with E-state index in [9.17, 15) is 9.18 Å². The van der Waals surface area contributed by atoms with Crippen molar-refractivity contribution in [3.8, 4) is 0 Å². The van der Waals surface area contributed by atoms with E-state index in [1.165, 1.54) is 25.0 Å². The maximum atomic E-state index is 13.2. The van der Waals surface area contributed by atoms with Crippen LogP contribution >= 0.6 is 0 Å². The lowest BCUT2D eigenvalue weighted by Gasteiger charge is -2.33. The number of carbonyl (C=O) groups excluding carboxylic acids is 1. The first-order chi connectivity index (χ1) is 10.1. The van der Waals surface area contributed by atoms with Crippen molar-refractivity contribution in [3.05, 3.63) is 35.6 Å². The molecule has 1 aliphatic heterocycles. The van der Waals surface area contributed by atoms with Gasteiger partial charge in [0.1, 0.15) is 5.82 Å². The van der Waals surface area contributed by atoms with Gasteiger partial charge in [-0.15, -0.1) is 0 Å². The maximum absolute atomic E-state index is 13.2. The van der Waals surface area contributed by atoms with Gasteiger partial charge in [0.05, 0.1) is 6.42 Å². The molecule has 1 aliphatic rings. The van der Waals surface area contributed by atoms with Gasteiger partial charge >= 0.3 is 0 Å². The molecule has 1 aromatic carbocycles. The van der Waals surface area contributed by atoms with Crippen molar-refractivity contribution in [1.82, 2.24) is 10.2 Å². The van der Waals surface area contributed by atoms with Crippen LogP contribution in [0.25, 0.3) is 0 Å². The number of carbonyl (C=O) groups is 1. The van der Waals surface area contributed by atoms with Gasteiger partial charge in [-0.1, -0.05) is 18.6 Å². The number of amides is 1. The minimum Gasteiger partial charge on any atom is -0.338 e. The Morgan fingerprint density at radius 2 is 2.24 bits per heavy atom. The number of hydrogen-bond donors (Lipinski definition) is 1. The molecule has 0 radical (unpaired) electrons. The summed E-state index contributed by atoms with van der Waals surface area (Å²) in [5.41, 5.74) is 0.738. The zero-order valence-corrected chi connectivity index (χ0v) is 12.9. The maximum Gasteiger partial charge on any atom is 0.227 e. The van der Waals surface area contributed by atoms with Crippen LogP contribution in [0.4, 0.5) is 4.39 Å². The lowest BCUT2D eigenvalue weighted by Crippen LogP contribution is -2.48. The Hall–Kier alpha value is -1.42. The average Bonchev–Trinajstić information content (AvgIpc) is 2.45. The summed E-state index contributed by atoms with van der Waals surface area (Å²) in [4.78, 5) is 14.4. The van der Waals surface area contributed by atoms with Crippen LogP contribution < -0.4 is 5.32 Å². The smallest absolute Gasteiger partial charge is 0.227 e. The van der Waals surface area contributed by atoms with E-state index in [0.29, 0.717) is 6.04 Å². The van der Waals surface area contributed by atoms with Gasteiger partial charge in [0, 0.05) is 18.6 Å². The predicted molar refractivity (Wildman–Crippen MR) is 82.6 cm³/mol. The summed E-state index contributed by atoms with van der Waals surface area (Å²) in [7, 11) is 0. The zero-order chi connectivity index (χ0) is 15.2. The molecule has 3 nitrogen and oxygen atoms in total. The fourth-order valence-electron chi connectivity index (χ4n) is 2.84. The molecule has 2 rings (SSSR count). The van der Waals surface area contributed by atoms with Gasteiger partial charge in [-0.3, -0.25) is 4.79 Å². The Bertz CT molecular complexity index is 470. The molecule has 1 aromatic rings. The van der Waals surface area contributed by atoms with E-state index in [-0.39, 0.29) is 24.2 Å². The molecule has 1 fully saturated rings. The number of nitrogens with one attached hydrogen (secondary N) is 1. The second kappa shape index (κ2) is 7.55. The van der Waals surface area contributed by atoms with Gasteiger partial charge in [-0.2, -0.15) is 0 Å². The van der Waals surface area contributed by atoms with Gasteiger partial charge in [-0.05, 0) is 50.9 Å². The van der Waals surface area contributed by atoms with E-state index in [4.69, 9.17) is 0 Å². The first-order valence-electron chi connectivity index (χ1n) is 7.83. The molecule has 1 heterocycles. The highest BCUT2D eigenvalue weighted by molar-refractivity contribution is 5.79. The minimum absolute atomic E-state index is 0.0722. The van der Waals surface area contributed by atoms with Crippen LogP contribution in [-0.4, -0.2) is 36.0 Å². The standard InChI is InChI=1S/C17H25FN2O/c1-13(2)20(12-16-8-3-4-9-19-16)17(21)11-14-6-5-7-15(18)10-14/h5-7,10,13,16,19H,3-4,8-9,11-12H2,1-2H3. The van der Waals surface area contributed by atoms with Crippen molar-refractivity contribution in [2.24, 2.45) is 0 Å². The van der Waals surface area contributed by atoms with Gasteiger partial charge in [0.15, 0.2) is 0 Å². The van der Waals surface area contributed by atoms with Gasteiger partial charge in [-0.25, -0.2) is 4.39 Å². The normalized spacial score (nSPS) is 18.8. The van der Waals surface area contributed by atoms with Crippen LogP contribution in [-0.2, 0) is 11.2 Å². The molecule has 4 heteroatoms. The minimum atomic E-state index is -0.287. The number of piperidine rings is 1. The van der Waals surface area contributed by atoms with Crippen LogP contribution in [0.3, 0.4) is 0 Å². The average molecular weight is 292 g/mol. The molecule has 116 valence electrons. The van der Waals surface area contributed by atoms with Crippen LogP contribution in [0.15, 0.2) is 24.3 Å². The molecular weight excluding hydrogens is 267 g/mol. The first-order valence-corrected chi connectivity index (χ1v) is 7.83. The third-order valence-electron chi connectivity index (χ3n) is 4.02. The summed E-state index contributed by atoms with van der Waals surface area (Å²) in [6.07, 6.45) is 3.83. The predicted octanol–water partition coefficient (Wildman–Crippen LogP) is 2.75. The van der Waals surface area contributed by atoms with E-state index < -0.39 is 0 Å². The highest BCUT2D eigenvalue weighted by Crippen LogP contribution is 2.13. The van der Waals surface area contributed by atoms with E-state index >= 15 is 0 Å². The van der Waals surface area contributed by atoms with E-state index in [1.54, 1.807) is 12.1 Å². The van der Waals surface area contributed by atoms with E-state index in [2.05, 4.69) is 5.32 Å². The molecule has 1 saturated heterocycles. The summed E-state index contributed by atoms with van der Waals surface area (Å²) >= 11 is 0. The van der Waals surface area contributed by atoms with Gasteiger partial charge in [0.2, 0.25) is 5.91 Å². The zero-order valence-electron chi connectivity index (χ0n) is 12.9. The lowest BCUT2D eigenvalue weighted by molar-refractivity contribution is -0.132. The third kappa shape index (κ3) is 4.81. The van der Waals surface area contributed by atoms with Crippen molar-refractivity contribution in [2.75, 3.05) is 13.1 Å². The highest BCUT2D eigenvalue weighted by Gasteiger charge is 2.22. The molecule has 1 N–H and O–H groups in total. The van der Waals surface area contributed by atoms with Crippen LogP contribution in [0.1, 0.15) is 38.7 Å². The Labute approximate surface area is 126 Å². The molecule has 0 saturated carbocycles. The van der Waals surface area contributed by atoms with Gasteiger partial charge in [0.25, 0.3) is 0 Å². The van der Waals surface area contributed by atoms with E-state index in [0.717, 1.165) is 25.1 Å². The fourth-order valence-corrected chi connectivity index (χ4v) is 2.84. The summed E-state index contributed by atoms with van der Waals surface area (Å²) < 4.78 is 13.2. The first kappa shape index (κ1) is 16.0. The SMILES string of the molecule is CC(C)N(CC1CCCCN1)C(=O)Cc1cccc(F)c1. The molecule has 0 aromatic heterocycles. The number of nitrogens with zero attached hydrogens (tertiary/aromatic N) is 1. The largest absolute Gasteiger partial charge is 0.338 e. The summed E-state index contributed by atoms with van der Waals surface area (Å²) in [5.74, 6) is -0.215. The highest BCUT2D eigenvalue weighted by atomic mass is 19.1. The quantitative estimate of drug-likeness (QED) is 0.905. The number of hydrogen-bond acceptors (Lipinski definition) is 2. The number of benzene rings is 1. The lowest BCUT2D eigenvalue weighted by atomic mass is 10.0. The topological polar surface area (TPSA) is 32.3 Å². The number of rotatable bonds is 5. The molecule has 0 spiro atoms. The van der Waals surface area contributed by atoms with Crippen molar-refractivity contribution in [1.29, 1.82) is 0 Å². The molecule has 1 unspecified atom stereocenters. The summed E-state index contributed by atoms with van der Waals surface area (Å²) in [6.45, 7) is 5.85. The number of halogens is 1. The van der Waals surface area contributed by atoms with Crippen molar-refractivity contribution >= 4 is 5.91 Å². The van der Waals surface area contributed by atoms with Crippen molar-refractivity contribution in [3.63, 3.8) is 0 Å². The second-order valence-electron chi connectivity index (χ2n) is 6.09. The monoisotopic (exact) mass is 292 g/mol. The molecule has 0 bridgehead atoms. The second-order valence-corrected chi connectivity index (χ2v) is 6.09. The molecule has 0 aliphatic carbocycles. The summed E-state index contributed by atoms with van der Waals surface area (Å²) in [5, 5.41) is 3.48. The molecule has 1 atom stereocenters. The van der Waals surface area contributed by atoms with Crippen LogP contribution in [0.2, 0.25) is 0 Å². The fraction of sp³-hybridized carbons (Fsp3) is 0.588. The Morgan fingerprint density at radius 3 is 2.86 bits per heavy atom. The molecule has 1 amide bonds.